The molecule has 2 fully saturated rings. The van der Waals surface area contributed by atoms with Crippen molar-refractivity contribution in [1.29, 1.82) is 0 Å². The number of furan rings is 2. The zero-order valence-electron chi connectivity index (χ0n) is 36.8. The van der Waals surface area contributed by atoms with E-state index in [0.29, 0.717) is 24.0 Å². The van der Waals surface area contributed by atoms with Crippen LogP contribution in [-0.4, -0.2) is 60.9 Å². The Bertz CT molecular complexity index is 2890. The maximum atomic E-state index is 16.4. The number of benzene rings is 4. The number of carbonyl (C=O) groups is 1. The third-order valence-electron chi connectivity index (χ3n) is 13.6. The Morgan fingerprint density at radius 2 is 1.00 bits per heavy atom. The van der Waals surface area contributed by atoms with Crippen molar-refractivity contribution in [3.05, 3.63) is 156 Å². The van der Waals surface area contributed by atoms with E-state index in [0.717, 1.165) is 23.3 Å². The molecule has 10 rings (SSSR count). The van der Waals surface area contributed by atoms with Crippen molar-refractivity contribution in [1.82, 2.24) is 28.9 Å². The minimum Gasteiger partial charge on any atom is -0.472 e. The first-order valence-corrected chi connectivity index (χ1v) is 22.4. The molecule has 6 heterocycles. The maximum Gasteiger partial charge on any atom is 0.418 e. The number of imidazole rings is 2. The van der Waals surface area contributed by atoms with E-state index in [1.54, 1.807) is 38.1 Å². The maximum absolute atomic E-state index is 16.4. The quantitative estimate of drug-likeness (QED) is 0.113. The summed E-state index contributed by atoms with van der Waals surface area (Å²) in [6.07, 6.45) is -3.36. The summed E-state index contributed by atoms with van der Waals surface area (Å²) in [7, 11) is 0. The molecule has 0 radical (unpaired) electrons. The lowest BCUT2D eigenvalue weighted by atomic mass is 9.97. The van der Waals surface area contributed by atoms with E-state index in [-0.39, 0.29) is 95.9 Å². The molecule has 2 saturated heterocycles. The summed E-state index contributed by atoms with van der Waals surface area (Å²) >= 11 is 0. The molecule has 352 valence electrons. The van der Waals surface area contributed by atoms with Crippen LogP contribution in [0.25, 0.3) is 44.3 Å². The predicted octanol–water partition coefficient (Wildman–Crippen LogP) is 12.6. The number of hydrogen-bond donors (Lipinski definition) is 0. The molecule has 0 bridgehead atoms. The van der Waals surface area contributed by atoms with Crippen LogP contribution in [0.5, 0.6) is 0 Å². The van der Waals surface area contributed by atoms with Crippen LogP contribution in [0.2, 0.25) is 0 Å². The second-order valence-corrected chi connectivity index (χ2v) is 17.5. The molecule has 4 aromatic heterocycles. The summed E-state index contributed by atoms with van der Waals surface area (Å²) in [5.41, 5.74) is 0.322. The third-order valence-corrected chi connectivity index (χ3v) is 13.6. The zero-order valence-corrected chi connectivity index (χ0v) is 36.8. The number of carbonyl (C=O) groups excluding carboxylic acids is 1. The Kier molecular flexibility index (Phi) is 11.6. The summed E-state index contributed by atoms with van der Waals surface area (Å²) in [4.78, 5) is 30.0. The molecule has 8 aromatic rings. The van der Waals surface area contributed by atoms with Crippen molar-refractivity contribution >= 4 is 27.9 Å². The highest BCUT2D eigenvalue weighted by Crippen LogP contribution is 2.46. The molecule has 68 heavy (non-hydrogen) atoms. The van der Waals surface area contributed by atoms with Gasteiger partial charge >= 0.3 is 12.4 Å². The van der Waals surface area contributed by atoms with Crippen molar-refractivity contribution in [3.8, 4) is 22.3 Å². The van der Waals surface area contributed by atoms with Gasteiger partial charge in [0.15, 0.2) is 5.78 Å². The highest BCUT2D eigenvalue weighted by molar-refractivity contribution is 5.94. The number of rotatable bonds is 12. The number of likely N-dealkylation sites (tertiary alicyclic amines) is 2. The van der Waals surface area contributed by atoms with Crippen LogP contribution in [0.15, 0.2) is 119 Å². The van der Waals surface area contributed by atoms with Gasteiger partial charge in [-0.05, 0) is 135 Å². The highest BCUT2D eigenvalue weighted by Gasteiger charge is 2.47. The molecule has 0 aliphatic carbocycles. The van der Waals surface area contributed by atoms with Gasteiger partial charge in [0.2, 0.25) is 0 Å². The average molecular weight is 941 g/mol. The first-order valence-electron chi connectivity index (χ1n) is 22.4. The number of hydrogen-bond acceptors (Lipinski definition) is 7. The predicted molar refractivity (Wildman–Crippen MR) is 237 cm³/mol. The Morgan fingerprint density at radius 1 is 0.603 bits per heavy atom. The number of halogens is 8. The molecule has 4 aromatic carbocycles. The summed E-state index contributed by atoms with van der Waals surface area (Å²) in [5.74, 6) is -1.79. The van der Waals surface area contributed by atoms with Crippen molar-refractivity contribution in [2.45, 2.75) is 76.1 Å². The standard InChI is InChI=1S/C51H44F8N6O3/c1-3-64-43-39(50(54,55)56)21-35(33-15-19-67-27-33)23-41(43)60-48(64)45(62-17-13-31(25-62)29-5-9-37(52)10-6-29)47(66)46(63-18-14-32(26-63)30-7-11-38(53)12-8-30)49-61-42-24-36(34-16-20-68-28-34)22-40(51(57,58)59)44(42)65(49)4-2/h5-12,15-16,19-24,27-28,31-32,45-46H,3-4,13-14,17-18,25-26H2,1-2H3. The lowest BCUT2D eigenvalue weighted by Gasteiger charge is -2.34. The van der Waals surface area contributed by atoms with E-state index < -0.39 is 53.0 Å². The van der Waals surface area contributed by atoms with Crippen LogP contribution in [0.3, 0.4) is 0 Å². The fraction of sp³-hybridized carbons (Fsp3) is 0.314. The smallest absolute Gasteiger partial charge is 0.418 e. The molecule has 4 atom stereocenters. The number of aryl methyl sites for hydroxylation is 2. The molecule has 0 spiro atoms. The Labute approximate surface area is 384 Å². The first-order chi connectivity index (χ1) is 32.6. The second kappa shape index (κ2) is 17.5. The normalized spacial score (nSPS) is 18.3. The van der Waals surface area contributed by atoms with Crippen LogP contribution >= 0.6 is 0 Å². The number of ketones is 1. The van der Waals surface area contributed by atoms with Crippen LogP contribution in [-0.2, 0) is 30.2 Å². The van der Waals surface area contributed by atoms with Crippen LogP contribution < -0.4 is 0 Å². The van der Waals surface area contributed by atoms with E-state index in [1.807, 2.05) is 9.80 Å². The topological polar surface area (TPSA) is 85.5 Å². The van der Waals surface area contributed by atoms with Gasteiger partial charge in [0.05, 0.1) is 58.2 Å². The highest BCUT2D eigenvalue weighted by atomic mass is 19.4. The summed E-state index contributed by atoms with van der Waals surface area (Å²) in [6, 6.07) is 17.5. The fourth-order valence-corrected chi connectivity index (χ4v) is 10.4. The van der Waals surface area contributed by atoms with Crippen LogP contribution in [0, 0.1) is 11.6 Å². The van der Waals surface area contributed by atoms with Crippen molar-refractivity contribution in [2.75, 3.05) is 26.2 Å². The second-order valence-electron chi connectivity index (χ2n) is 17.5. The van der Waals surface area contributed by atoms with Gasteiger partial charge in [-0.1, -0.05) is 24.3 Å². The number of Topliss-reactive ketones (excluding diaryl/α,β-unsaturated/α-hetero) is 1. The molecule has 17 heteroatoms. The Morgan fingerprint density at radius 3 is 1.34 bits per heavy atom. The monoisotopic (exact) mass is 940 g/mol. The lowest BCUT2D eigenvalue weighted by Crippen LogP contribution is -2.43. The van der Waals surface area contributed by atoms with Gasteiger partial charge in [-0.25, -0.2) is 18.7 Å². The van der Waals surface area contributed by atoms with Gasteiger partial charge in [-0.3, -0.25) is 14.6 Å². The number of alkyl halides is 6. The Hall–Kier alpha value is -6.59. The van der Waals surface area contributed by atoms with E-state index in [9.17, 15) is 8.78 Å². The SMILES string of the molecule is CCn1c(C(C(=O)C(c2nc3cc(-c4ccoc4)cc(C(F)(F)F)c3n2CC)N2CCC(c3ccc(F)cc3)C2)N2CCC(c3ccc(F)cc3)C2)nc2cc(-c3ccoc3)cc(C(F)(F)F)c21. The van der Waals surface area contributed by atoms with E-state index in [2.05, 4.69) is 0 Å². The average Bonchev–Trinajstić information content (AvgIpc) is 4.18. The molecule has 4 unspecified atom stereocenters. The number of fused-ring (bicyclic) bond motifs is 2. The van der Waals surface area contributed by atoms with Crippen LogP contribution in [0.1, 0.15) is 84.5 Å². The summed E-state index contributed by atoms with van der Waals surface area (Å²) < 4.78 is 133. The van der Waals surface area contributed by atoms with Crippen molar-refractivity contribution in [3.63, 3.8) is 0 Å². The molecule has 0 saturated carbocycles. The Balaban J connectivity index is 1.20. The van der Waals surface area contributed by atoms with E-state index in [4.69, 9.17) is 18.8 Å². The zero-order chi connectivity index (χ0) is 47.6. The first kappa shape index (κ1) is 45.2. The minimum absolute atomic E-state index is 0.0172. The molecule has 2 aliphatic heterocycles. The molecule has 0 N–H and O–H groups in total. The van der Waals surface area contributed by atoms with Crippen molar-refractivity contribution < 1.29 is 48.8 Å². The summed E-state index contributed by atoms with van der Waals surface area (Å²) in [6.45, 7) is 4.28. The van der Waals surface area contributed by atoms with Crippen LogP contribution in [0.4, 0.5) is 35.1 Å². The van der Waals surface area contributed by atoms with Gasteiger partial charge in [0, 0.05) is 37.3 Å². The molecular formula is C51H44F8N6O3. The van der Waals surface area contributed by atoms with Gasteiger partial charge in [0.25, 0.3) is 0 Å². The van der Waals surface area contributed by atoms with Gasteiger partial charge in [0.1, 0.15) is 35.4 Å². The molecule has 2 aliphatic rings. The van der Waals surface area contributed by atoms with E-state index >= 15 is 31.1 Å². The van der Waals surface area contributed by atoms with Crippen molar-refractivity contribution in [2.24, 2.45) is 0 Å². The molecular weight excluding hydrogens is 897 g/mol. The fourth-order valence-electron chi connectivity index (χ4n) is 10.4. The number of nitrogens with zero attached hydrogens (tertiary/aromatic N) is 6. The lowest BCUT2D eigenvalue weighted by molar-refractivity contribution is -0.137. The van der Waals surface area contributed by atoms with Gasteiger partial charge in [-0.15, -0.1) is 0 Å². The van der Waals surface area contributed by atoms with Gasteiger partial charge < -0.3 is 18.0 Å². The third kappa shape index (κ3) is 8.18. The molecule has 0 amide bonds. The summed E-state index contributed by atoms with van der Waals surface area (Å²) in [5, 5.41) is 0. The van der Waals surface area contributed by atoms with E-state index in [1.165, 1.54) is 82.7 Å². The minimum atomic E-state index is -4.85. The van der Waals surface area contributed by atoms with Gasteiger partial charge in [-0.2, -0.15) is 26.3 Å². The molecule has 9 nitrogen and oxygen atoms in total. The number of aromatic nitrogens is 4. The largest absolute Gasteiger partial charge is 0.472 e.